The van der Waals surface area contributed by atoms with Gasteiger partial charge < -0.3 is 9.47 Å². The van der Waals surface area contributed by atoms with E-state index in [-0.39, 0.29) is 6.10 Å². The summed E-state index contributed by atoms with van der Waals surface area (Å²) in [5.74, 6) is 0.656. The number of benzene rings is 2. The van der Waals surface area contributed by atoms with E-state index in [4.69, 9.17) is 26.3 Å². The molecule has 1 saturated heterocycles. The number of methoxy groups -OCH3 is 1. The minimum Gasteiger partial charge on any atom is -0.496 e. The van der Waals surface area contributed by atoms with Crippen molar-refractivity contribution in [3.63, 3.8) is 0 Å². The van der Waals surface area contributed by atoms with Crippen molar-refractivity contribution < 1.29 is 19.5 Å². The Morgan fingerprint density at radius 1 is 1.22 bits per heavy atom. The first kappa shape index (κ1) is 19.8. The highest BCUT2D eigenvalue weighted by atomic mass is 35.5. The van der Waals surface area contributed by atoms with Gasteiger partial charge in [0.1, 0.15) is 17.6 Å². The molecule has 0 saturated carbocycles. The monoisotopic (exact) mass is 408 g/mol. The molecule has 0 bridgehead atoms. The molecule has 1 fully saturated rings. The summed E-state index contributed by atoms with van der Waals surface area (Å²) in [5, 5.41) is 9.72. The number of nitrogens with one attached hydrogen (secondary N) is 1. The van der Waals surface area contributed by atoms with Crippen LogP contribution in [0.25, 0.3) is 0 Å². The number of nitrogens with zero attached hydrogens (tertiary/aromatic N) is 1. The molecule has 1 amide bonds. The molecular weight excluding hydrogens is 388 g/mol. The van der Waals surface area contributed by atoms with Gasteiger partial charge in [-0.1, -0.05) is 17.7 Å². The first-order valence-electron chi connectivity index (χ1n) is 8.57. The fourth-order valence-corrected chi connectivity index (χ4v) is 4.14. The molecule has 0 unspecified atom stereocenters. The Bertz CT molecular complexity index is 780. The van der Waals surface area contributed by atoms with E-state index in [9.17, 15) is 4.79 Å². The van der Waals surface area contributed by atoms with E-state index < -0.39 is 5.91 Å². The van der Waals surface area contributed by atoms with Crippen LogP contribution in [-0.2, 0) is 0 Å². The number of carbonyl (C=O) groups excluding carboxylic acids is 1. The van der Waals surface area contributed by atoms with Crippen molar-refractivity contribution in [3.8, 4) is 11.5 Å². The van der Waals surface area contributed by atoms with Crippen molar-refractivity contribution in [2.45, 2.75) is 23.8 Å². The zero-order chi connectivity index (χ0) is 19.2. The molecule has 27 heavy (non-hydrogen) atoms. The van der Waals surface area contributed by atoms with E-state index in [2.05, 4.69) is 4.31 Å². The Balaban J connectivity index is 1.61. The van der Waals surface area contributed by atoms with Crippen LogP contribution in [0.4, 0.5) is 0 Å². The van der Waals surface area contributed by atoms with Crippen LogP contribution >= 0.6 is 23.5 Å². The highest BCUT2D eigenvalue weighted by Crippen LogP contribution is 2.34. The van der Waals surface area contributed by atoms with Gasteiger partial charge in [-0.05, 0) is 61.2 Å². The molecule has 8 heteroatoms. The maximum Gasteiger partial charge on any atom is 0.279 e. The van der Waals surface area contributed by atoms with Crippen molar-refractivity contribution in [1.29, 1.82) is 0 Å². The Hall–Kier alpha value is -1.93. The highest BCUT2D eigenvalue weighted by molar-refractivity contribution is 7.97. The number of ether oxygens (including phenoxy) is 2. The van der Waals surface area contributed by atoms with E-state index >= 15 is 0 Å². The predicted molar refractivity (Wildman–Crippen MR) is 105 cm³/mol. The van der Waals surface area contributed by atoms with Crippen molar-refractivity contribution in [2.24, 2.45) is 0 Å². The molecule has 2 aromatic rings. The average molecular weight is 409 g/mol. The highest BCUT2D eigenvalue weighted by Gasteiger charge is 2.24. The summed E-state index contributed by atoms with van der Waals surface area (Å²) in [6.45, 7) is 1.64. The topological polar surface area (TPSA) is 71.0 Å². The molecule has 2 aromatic carbocycles. The quantitative estimate of drug-likeness (QED) is 0.427. The second-order valence-electron chi connectivity index (χ2n) is 6.07. The molecule has 1 heterocycles. The van der Waals surface area contributed by atoms with Crippen LogP contribution in [0, 0.1) is 0 Å². The molecule has 3 rings (SSSR count). The number of hydrogen-bond acceptors (Lipinski definition) is 6. The normalized spacial score (nSPS) is 15.4. The van der Waals surface area contributed by atoms with Gasteiger partial charge in [0.2, 0.25) is 0 Å². The fraction of sp³-hybridized carbons (Fsp3) is 0.316. The first-order chi connectivity index (χ1) is 13.1. The Morgan fingerprint density at radius 3 is 2.56 bits per heavy atom. The molecule has 0 aliphatic carbocycles. The van der Waals surface area contributed by atoms with E-state index in [0.29, 0.717) is 16.3 Å². The van der Waals surface area contributed by atoms with Crippen LogP contribution in [0.1, 0.15) is 23.2 Å². The third-order valence-electron chi connectivity index (χ3n) is 4.28. The van der Waals surface area contributed by atoms with Gasteiger partial charge in [-0.15, -0.1) is 0 Å². The van der Waals surface area contributed by atoms with Crippen LogP contribution in [0.2, 0.25) is 5.02 Å². The summed E-state index contributed by atoms with van der Waals surface area (Å²) >= 11 is 7.38. The van der Waals surface area contributed by atoms with Crippen LogP contribution in [0.5, 0.6) is 11.5 Å². The maximum absolute atomic E-state index is 12.0. The van der Waals surface area contributed by atoms with Gasteiger partial charge in [0.05, 0.1) is 12.7 Å². The summed E-state index contributed by atoms with van der Waals surface area (Å²) in [7, 11) is 1.50. The number of amides is 1. The van der Waals surface area contributed by atoms with Gasteiger partial charge in [0.15, 0.2) is 0 Å². The van der Waals surface area contributed by atoms with Crippen LogP contribution in [0.3, 0.4) is 0 Å². The molecule has 144 valence electrons. The lowest BCUT2D eigenvalue weighted by atomic mass is 10.1. The molecule has 1 aliphatic rings. The lowest BCUT2D eigenvalue weighted by molar-refractivity contribution is 0.0699. The van der Waals surface area contributed by atoms with Crippen LogP contribution < -0.4 is 15.0 Å². The summed E-state index contributed by atoms with van der Waals surface area (Å²) in [4.78, 5) is 12.8. The van der Waals surface area contributed by atoms with E-state index in [0.717, 1.165) is 36.6 Å². The largest absolute Gasteiger partial charge is 0.496 e. The minimum atomic E-state index is -0.587. The molecule has 0 atom stereocenters. The lowest BCUT2D eigenvalue weighted by Gasteiger charge is -2.31. The zero-order valence-electron chi connectivity index (χ0n) is 14.9. The van der Waals surface area contributed by atoms with Crippen molar-refractivity contribution in [2.75, 3.05) is 20.2 Å². The summed E-state index contributed by atoms with van der Waals surface area (Å²) in [6, 6.07) is 12.7. The number of hydrogen-bond donors (Lipinski definition) is 2. The number of hydroxylamine groups is 1. The predicted octanol–water partition coefficient (Wildman–Crippen LogP) is 4.02. The molecule has 6 nitrogen and oxygen atoms in total. The smallest absolute Gasteiger partial charge is 0.279 e. The van der Waals surface area contributed by atoms with Gasteiger partial charge in [-0.2, -0.15) is 0 Å². The van der Waals surface area contributed by atoms with Gasteiger partial charge >= 0.3 is 0 Å². The average Bonchev–Trinajstić information content (AvgIpc) is 2.70. The minimum absolute atomic E-state index is 0.147. The van der Waals surface area contributed by atoms with Gasteiger partial charge in [0.25, 0.3) is 5.91 Å². The number of rotatable bonds is 6. The summed E-state index contributed by atoms with van der Waals surface area (Å²) in [5.41, 5.74) is 2.02. The van der Waals surface area contributed by atoms with Gasteiger partial charge in [-0.25, -0.2) is 9.79 Å². The van der Waals surface area contributed by atoms with Crippen molar-refractivity contribution in [1.82, 2.24) is 9.79 Å². The van der Waals surface area contributed by atoms with Gasteiger partial charge in [0, 0.05) is 23.0 Å². The molecular formula is C19H21ClN2O4S. The van der Waals surface area contributed by atoms with Crippen LogP contribution in [0.15, 0.2) is 47.4 Å². The fourth-order valence-electron chi connectivity index (χ4n) is 2.92. The molecule has 2 N–H and O–H groups in total. The Kier molecular flexibility index (Phi) is 6.84. The maximum atomic E-state index is 12.0. The van der Waals surface area contributed by atoms with Crippen molar-refractivity contribution >= 4 is 29.5 Å². The van der Waals surface area contributed by atoms with E-state index in [1.807, 2.05) is 36.4 Å². The number of piperidine rings is 1. The van der Waals surface area contributed by atoms with Crippen LogP contribution in [-0.4, -0.2) is 41.7 Å². The number of halogens is 1. The summed E-state index contributed by atoms with van der Waals surface area (Å²) < 4.78 is 13.5. The Labute approximate surface area is 167 Å². The first-order valence-corrected chi connectivity index (χ1v) is 9.72. The lowest BCUT2D eigenvalue weighted by Crippen LogP contribution is -2.34. The summed E-state index contributed by atoms with van der Waals surface area (Å²) in [6.07, 6.45) is 1.90. The second-order valence-corrected chi connectivity index (χ2v) is 7.64. The van der Waals surface area contributed by atoms with E-state index in [1.54, 1.807) is 11.5 Å². The molecule has 1 aliphatic heterocycles. The Morgan fingerprint density at radius 2 is 1.93 bits per heavy atom. The molecule has 0 radical (unpaired) electrons. The zero-order valence-corrected chi connectivity index (χ0v) is 16.4. The second kappa shape index (κ2) is 9.32. The molecule has 0 aromatic heterocycles. The number of carbonyl (C=O) groups is 1. The third kappa shape index (κ3) is 5.07. The van der Waals surface area contributed by atoms with Crippen molar-refractivity contribution in [3.05, 3.63) is 53.1 Å². The molecule has 0 spiro atoms. The third-order valence-corrected chi connectivity index (χ3v) is 5.69. The standard InChI is InChI=1S/C19H21ClN2O4S/c1-25-16-3-2-4-17(18(16)19(23)21-24)27-22-11-9-15(10-12-22)26-14-7-5-13(20)6-8-14/h2-8,15,24H,9-12H2,1H3,(H,21,23). The SMILES string of the molecule is COc1cccc(SN2CCC(Oc3ccc(Cl)cc3)CC2)c1C(=O)NO. The van der Waals surface area contributed by atoms with E-state index in [1.165, 1.54) is 19.1 Å². The van der Waals surface area contributed by atoms with Gasteiger partial charge in [-0.3, -0.25) is 10.0 Å².